The quantitative estimate of drug-likeness (QED) is 0.875. The van der Waals surface area contributed by atoms with Gasteiger partial charge in [0.1, 0.15) is 0 Å². The van der Waals surface area contributed by atoms with E-state index >= 15 is 0 Å². The van der Waals surface area contributed by atoms with Gasteiger partial charge in [0, 0.05) is 18.2 Å². The molecule has 5 heteroatoms. The first kappa shape index (κ1) is 10.3. The van der Waals surface area contributed by atoms with Crippen LogP contribution in [0.5, 0.6) is 0 Å². The van der Waals surface area contributed by atoms with Gasteiger partial charge in [-0.3, -0.25) is 0 Å². The zero-order valence-corrected chi connectivity index (χ0v) is 9.55. The molecule has 1 N–H and O–H groups in total. The largest absolute Gasteiger partial charge is 0.478 e. The molecule has 5 nitrogen and oxygen atoms in total. The molecule has 0 aliphatic heterocycles. The Morgan fingerprint density at radius 1 is 1.59 bits per heavy atom. The average Bonchev–Trinajstić information content (AvgIpc) is 3.07. The smallest absolute Gasteiger partial charge is 0.339 e. The SMILES string of the molecule is CCc1c(C(=O)O)cnc2cc(C3CC3)nn12. The number of carboxylic acids is 1. The van der Waals surface area contributed by atoms with Gasteiger partial charge in [-0.25, -0.2) is 14.3 Å². The first-order chi connectivity index (χ1) is 8.20. The van der Waals surface area contributed by atoms with Crippen LogP contribution in [0.4, 0.5) is 0 Å². The summed E-state index contributed by atoms with van der Waals surface area (Å²) in [4.78, 5) is 15.3. The van der Waals surface area contributed by atoms with E-state index < -0.39 is 5.97 Å². The highest BCUT2D eigenvalue weighted by atomic mass is 16.4. The fraction of sp³-hybridized carbons (Fsp3) is 0.417. The second kappa shape index (κ2) is 3.55. The molecule has 88 valence electrons. The Morgan fingerprint density at radius 2 is 2.35 bits per heavy atom. The van der Waals surface area contributed by atoms with Crippen molar-refractivity contribution in [2.24, 2.45) is 0 Å². The first-order valence-corrected chi connectivity index (χ1v) is 5.81. The van der Waals surface area contributed by atoms with Gasteiger partial charge in [0.15, 0.2) is 5.65 Å². The highest BCUT2D eigenvalue weighted by Crippen LogP contribution is 2.39. The summed E-state index contributed by atoms with van der Waals surface area (Å²) in [6, 6.07) is 1.96. The van der Waals surface area contributed by atoms with Crippen molar-refractivity contribution in [3.63, 3.8) is 0 Å². The van der Waals surface area contributed by atoms with Crippen molar-refractivity contribution in [3.8, 4) is 0 Å². The molecule has 1 aliphatic carbocycles. The predicted molar refractivity (Wildman–Crippen MR) is 61.3 cm³/mol. The molecule has 17 heavy (non-hydrogen) atoms. The number of nitrogens with zero attached hydrogens (tertiary/aromatic N) is 3. The van der Waals surface area contributed by atoms with Crippen LogP contribution >= 0.6 is 0 Å². The number of aromatic carboxylic acids is 1. The molecule has 3 rings (SSSR count). The molecule has 2 heterocycles. The molecule has 0 aromatic carbocycles. The monoisotopic (exact) mass is 231 g/mol. The van der Waals surface area contributed by atoms with Crippen LogP contribution in [0.2, 0.25) is 0 Å². The maximum atomic E-state index is 11.1. The zero-order chi connectivity index (χ0) is 12.0. The molecule has 0 radical (unpaired) electrons. The van der Waals surface area contributed by atoms with Crippen molar-refractivity contribution < 1.29 is 9.90 Å². The van der Waals surface area contributed by atoms with Gasteiger partial charge in [-0.05, 0) is 19.3 Å². The number of aromatic nitrogens is 3. The van der Waals surface area contributed by atoms with Gasteiger partial charge in [-0.2, -0.15) is 5.10 Å². The highest BCUT2D eigenvalue weighted by Gasteiger charge is 2.27. The van der Waals surface area contributed by atoms with E-state index in [1.807, 2.05) is 13.0 Å². The van der Waals surface area contributed by atoms with Gasteiger partial charge in [0.05, 0.1) is 17.0 Å². The summed E-state index contributed by atoms with van der Waals surface area (Å²) in [5.74, 6) is -0.394. The van der Waals surface area contributed by atoms with E-state index in [0.717, 1.165) is 17.0 Å². The normalized spacial score (nSPS) is 15.4. The van der Waals surface area contributed by atoms with E-state index in [2.05, 4.69) is 10.1 Å². The lowest BCUT2D eigenvalue weighted by atomic mass is 10.2. The van der Waals surface area contributed by atoms with Crippen LogP contribution in [0.15, 0.2) is 12.3 Å². The van der Waals surface area contributed by atoms with Crippen molar-refractivity contribution in [3.05, 3.63) is 29.2 Å². The Morgan fingerprint density at radius 3 is 2.94 bits per heavy atom. The molecule has 1 aliphatic rings. The molecule has 0 spiro atoms. The Kier molecular flexibility index (Phi) is 2.14. The van der Waals surface area contributed by atoms with Crippen LogP contribution < -0.4 is 0 Å². The van der Waals surface area contributed by atoms with Crippen molar-refractivity contribution >= 4 is 11.6 Å². The molecule has 2 aromatic rings. The third-order valence-corrected chi connectivity index (χ3v) is 3.16. The molecule has 0 atom stereocenters. The average molecular weight is 231 g/mol. The second-order valence-corrected chi connectivity index (χ2v) is 4.39. The molecule has 1 saturated carbocycles. The molecule has 0 unspecified atom stereocenters. The number of fused-ring (bicyclic) bond motifs is 1. The van der Waals surface area contributed by atoms with Crippen molar-refractivity contribution in [1.82, 2.24) is 14.6 Å². The highest BCUT2D eigenvalue weighted by molar-refractivity contribution is 5.88. The minimum Gasteiger partial charge on any atom is -0.478 e. The second-order valence-electron chi connectivity index (χ2n) is 4.39. The zero-order valence-electron chi connectivity index (χ0n) is 9.55. The topological polar surface area (TPSA) is 67.5 Å². The van der Waals surface area contributed by atoms with Crippen LogP contribution in [0.3, 0.4) is 0 Å². The fourth-order valence-electron chi connectivity index (χ4n) is 2.10. The molecular weight excluding hydrogens is 218 g/mol. The Balaban J connectivity index is 2.23. The molecule has 1 fully saturated rings. The maximum absolute atomic E-state index is 11.1. The molecule has 2 aromatic heterocycles. The molecule has 0 saturated heterocycles. The Hall–Kier alpha value is -1.91. The van der Waals surface area contributed by atoms with E-state index in [-0.39, 0.29) is 5.56 Å². The van der Waals surface area contributed by atoms with E-state index in [0.29, 0.717) is 12.3 Å². The van der Waals surface area contributed by atoms with Crippen LogP contribution in [0, 0.1) is 0 Å². The van der Waals surface area contributed by atoms with Gasteiger partial charge in [-0.15, -0.1) is 0 Å². The van der Waals surface area contributed by atoms with Crippen LogP contribution in [0.1, 0.15) is 47.4 Å². The van der Waals surface area contributed by atoms with Crippen molar-refractivity contribution in [2.75, 3.05) is 0 Å². The summed E-state index contributed by atoms with van der Waals surface area (Å²) in [7, 11) is 0. The van der Waals surface area contributed by atoms with Gasteiger partial charge < -0.3 is 5.11 Å². The van der Waals surface area contributed by atoms with E-state index in [4.69, 9.17) is 5.11 Å². The van der Waals surface area contributed by atoms with Crippen LogP contribution in [-0.4, -0.2) is 25.7 Å². The summed E-state index contributed by atoms with van der Waals surface area (Å²) in [5.41, 5.74) is 2.74. The molecule has 0 bridgehead atoms. The molecular formula is C12H13N3O2. The van der Waals surface area contributed by atoms with Crippen molar-refractivity contribution in [2.45, 2.75) is 32.1 Å². The van der Waals surface area contributed by atoms with Gasteiger partial charge in [0.2, 0.25) is 0 Å². The number of rotatable bonds is 3. The third kappa shape index (κ3) is 1.58. The van der Waals surface area contributed by atoms with Gasteiger partial charge >= 0.3 is 5.97 Å². The summed E-state index contributed by atoms with van der Waals surface area (Å²) in [5, 5.41) is 13.6. The standard InChI is InChI=1S/C12H13N3O2/c1-2-10-8(12(16)17)6-13-11-5-9(7-3-4-7)14-15(10)11/h5-7H,2-4H2,1H3,(H,16,17). The minimum absolute atomic E-state index is 0.241. The molecule has 0 amide bonds. The van der Waals surface area contributed by atoms with Gasteiger partial charge in [-0.1, -0.05) is 6.92 Å². The summed E-state index contributed by atoms with van der Waals surface area (Å²) in [6.45, 7) is 1.93. The number of hydrogen-bond donors (Lipinski definition) is 1. The minimum atomic E-state index is -0.945. The lowest BCUT2D eigenvalue weighted by molar-refractivity contribution is 0.0694. The number of carbonyl (C=O) groups is 1. The van der Waals surface area contributed by atoms with E-state index in [9.17, 15) is 4.79 Å². The number of carboxylic acid groups (broad SMARTS) is 1. The fourth-order valence-corrected chi connectivity index (χ4v) is 2.10. The number of hydrogen-bond acceptors (Lipinski definition) is 3. The predicted octanol–water partition coefficient (Wildman–Crippen LogP) is 1.87. The Labute approximate surface area is 98.1 Å². The van der Waals surface area contributed by atoms with Crippen LogP contribution in [-0.2, 0) is 6.42 Å². The third-order valence-electron chi connectivity index (χ3n) is 3.16. The van der Waals surface area contributed by atoms with E-state index in [1.54, 1.807) is 4.52 Å². The summed E-state index contributed by atoms with van der Waals surface area (Å²) < 4.78 is 1.68. The van der Waals surface area contributed by atoms with Crippen LogP contribution in [0.25, 0.3) is 5.65 Å². The van der Waals surface area contributed by atoms with Gasteiger partial charge in [0.25, 0.3) is 0 Å². The Bertz CT molecular complexity index is 599. The van der Waals surface area contributed by atoms with Crippen molar-refractivity contribution in [1.29, 1.82) is 0 Å². The summed E-state index contributed by atoms with van der Waals surface area (Å²) >= 11 is 0. The lowest BCUT2D eigenvalue weighted by Crippen LogP contribution is -2.09. The lowest BCUT2D eigenvalue weighted by Gasteiger charge is -2.05. The number of aryl methyl sites for hydroxylation is 1. The first-order valence-electron chi connectivity index (χ1n) is 5.81. The van der Waals surface area contributed by atoms with E-state index in [1.165, 1.54) is 19.0 Å². The maximum Gasteiger partial charge on any atom is 0.339 e. The summed E-state index contributed by atoms with van der Waals surface area (Å²) in [6.07, 6.45) is 4.41.